The first-order valence-corrected chi connectivity index (χ1v) is 7.62. The summed E-state index contributed by atoms with van der Waals surface area (Å²) in [5.41, 5.74) is 16.3. The average Bonchev–Trinajstić information content (AvgIpc) is 3.02. The standard InChI is InChI=1S/C16H18FN7O/c1-9(17)8-20-13-7-10(3-4-12(13)22-19)11-5-6-24-14(11)15(25-2)21-16(18)23-24/h3-7,9,19-20H,8H2,1-2H3,(H2,18,23)/t9-/m0/s1. The molecular weight excluding hydrogens is 325 g/mol. The fraction of sp³-hybridized carbons (Fsp3) is 0.250. The molecule has 0 aliphatic carbocycles. The van der Waals surface area contributed by atoms with Gasteiger partial charge >= 0.3 is 0 Å². The molecule has 1 aromatic carbocycles. The third-order valence-electron chi connectivity index (χ3n) is 3.69. The summed E-state index contributed by atoms with van der Waals surface area (Å²) in [6, 6.07) is 7.19. The lowest BCUT2D eigenvalue weighted by Gasteiger charge is -2.12. The molecule has 0 saturated heterocycles. The lowest BCUT2D eigenvalue weighted by molar-refractivity contribution is 0.378. The van der Waals surface area contributed by atoms with Gasteiger partial charge in [0.05, 0.1) is 12.8 Å². The molecule has 0 spiro atoms. The number of nitrogens with two attached hydrogens (primary N) is 1. The van der Waals surface area contributed by atoms with E-state index in [1.165, 1.54) is 14.0 Å². The number of hydrogen-bond acceptors (Lipinski definition) is 7. The minimum Gasteiger partial charge on any atom is -0.479 e. The highest BCUT2D eigenvalue weighted by molar-refractivity contribution is 5.87. The van der Waals surface area contributed by atoms with E-state index < -0.39 is 6.17 Å². The molecule has 130 valence electrons. The van der Waals surface area contributed by atoms with E-state index in [4.69, 9.17) is 16.0 Å². The van der Waals surface area contributed by atoms with Crippen molar-refractivity contribution in [2.24, 2.45) is 5.11 Å². The predicted octanol–water partition coefficient (Wildman–Crippen LogP) is 3.42. The Balaban J connectivity index is 2.12. The molecule has 0 aliphatic heterocycles. The van der Waals surface area contributed by atoms with Crippen molar-refractivity contribution in [3.05, 3.63) is 30.5 Å². The van der Waals surface area contributed by atoms with Gasteiger partial charge in [0.15, 0.2) is 0 Å². The number of anilines is 2. The third-order valence-corrected chi connectivity index (χ3v) is 3.69. The summed E-state index contributed by atoms with van der Waals surface area (Å²) in [6.45, 7) is 1.59. The Kier molecular flexibility index (Phi) is 4.46. The van der Waals surface area contributed by atoms with Crippen LogP contribution < -0.4 is 15.8 Å². The molecule has 0 bridgehead atoms. The van der Waals surface area contributed by atoms with Crippen LogP contribution in [0.1, 0.15) is 6.92 Å². The smallest absolute Gasteiger partial charge is 0.243 e. The molecule has 4 N–H and O–H groups in total. The highest BCUT2D eigenvalue weighted by atomic mass is 19.1. The number of methoxy groups -OCH3 is 1. The Morgan fingerprint density at radius 2 is 2.24 bits per heavy atom. The van der Waals surface area contributed by atoms with Gasteiger partial charge in [0.25, 0.3) is 0 Å². The number of aromatic nitrogens is 3. The lowest BCUT2D eigenvalue weighted by atomic mass is 10.1. The summed E-state index contributed by atoms with van der Waals surface area (Å²) in [7, 11) is 1.51. The molecule has 0 amide bonds. The second-order valence-corrected chi connectivity index (χ2v) is 5.51. The van der Waals surface area contributed by atoms with E-state index in [1.807, 2.05) is 12.1 Å². The largest absolute Gasteiger partial charge is 0.479 e. The van der Waals surface area contributed by atoms with Crippen LogP contribution in [-0.4, -0.2) is 34.4 Å². The summed E-state index contributed by atoms with van der Waals surface area (Å²) < 4.78 is 20.1. The molecule has 0 radical (unpaired) electrons. The predicted molar refractivity (Wildman–Crippen MR) is 93.3 cm³/mol. The Bertz CT molecular complexity index is 922. The average molecular weight is 343 g/mol. The molecular formula is C16H18FN7O. The number of nitrogens with zero attached hydrogens (tertiary/aromatic N) is 4. The molecule has 2 aromatic heterocycles. The van der Waals surface area contributed by atoms with Crippen LogP contribution in [0.15, 0.2) is 35.6 Å². The van der Waals surface area contributed by atoms with Crippen LogP contribution >= 0.6 is 0 Å². The molecule has 8 nitrogen and oxygen atoms in total. The summed E-state index contributed by atoms with van der Waals surface area (Å²) in [4.78, 5) is 4.10. The number of nitrogens with one attached hydrogen (secondary N) is 2. The first-order chi connectivity index (χ1) is 12.0. The van der Waals surface area contributed by atoms with Gasteiger partial charge in [-0.15, -0.1) is 5.10 Å². The molecule has 0 fully saturated rings. The van der Waals surface area contributed by atoms with Crippen LogP contribution in [0.25, 0.3) is 16.6 Å². The van der Waals surface area contributed by atoms with E-state index in [1.54, 1.807) is 22.8 Å². The summed E-state index contributed by atoms with van der Waals surface area (Å²) in [5.74, 6) is 0.461. The molecule has 1 atom stereocenters. The van der Waals surface area contributed by atoms with Gasteiger partial charge in [-0.1, -0.05) is 6.07 Å². The quantitative estimate of drug-likeness (QED) is 0.593. The van der Waals surface area contributed by atoms with Crippen molar-refractivity contribution in [1.82, 2.24) is 14.6 Å². The van der Waals surface area contributed by atoms with Crippen LogP contribution in [0, 0.1) is 5.53 Å². The SMILES string of the molecule is COc1nc(N)nn2ccc(-c3ccc(N=N)c(NC[C@H](C)F)c3)c12. The maximum Gasteiger partial charge on any atom is 0.243 e. The van der Waals surface area contributed by atoms with E-state index in [2.05, 4.69) is 20.5 Å². The van der Waals surface area contributed by atoms with E-state index in [0.717, 1.165) is 11.1 Å². The van der Waals surface area contributed by atoms with Gasteiger partial charge in [0.1, 0.15) is 17.4 Å². The van der Waals surface area contributed by atoms with Crippen LogP contribution in [0.4, 0.5) is 21.7 Å². The van der Waals surface area contributed by atoms with Gasteiger partial charge in [0, 0.05) is 18.3 Å². The zero-order valence-corrected chi connectivity index (χ0v) is 13.8. The molecule has 3 aromatic rings. The zero-order valence-electron chi connectivity index (χ0n) is 13.8. The van der Waals surface area contributed by atoms with Crippen LogP contribution in [0.3, 0.4) is 0 Å². The number of halogens is 1. The minimum absolute atomic E-state index is 0.106. The number of hydrogen-bond donors (Lipinski definition) is 3. The Labute approximate surface area is 143 Å². The Morgan fingerprint density at radius 3 is 2.92 bits per heavy atom. The molecule has 9 heteroatoms. The molecule has 0 aliphatic rings. The minimum atomic E-state index is -1.02. The van der Waals surface area contributed by atoms with Crippen molar-refractivity contribution in [3.63, 3.8) is 0 Å². The monoisotopic (exact) mass is 343 g/mol. The van der Waals surface area contributed by atoms with Crippen molar-refractivity contribution in [2.45, 2.75) is 13.1 Å². The number of benzene rings is 1. The van der Waals surface area contributed by atoms with Gasteiger partial charge in [-0.25, -0.2) is 14.4 Å². The van der Waals surface area contributed by atoms with Gasteiger partial charge in [-0.2, -0.15) is 10.1 Å². The Morgan fingerprint density at radius 1 is 1.44 bits per heavy atom. The third kappa shape index (κ3) is 3.21. The summed E-state index contributed by atoms with van der Waals surface area (Å²) >= 11 is 0. The van der Waals surface area contributed by atoms with E-state index in [0.29, 0.717) is 22.8 Å². The van der Waals surface area contributed by atoms with Gasteiger partial charge in [0.2, 0.25) is 11.8 Å². The first-order valence-electron chi connectivity index (χ1n) is 7.62. The second-order valence-electron chi connectivity index (χ2n) is 5.51. The number of alkyl halides is 1. The van der Waals surface area contributed by atoms with Crippen molar-refractivity contribution < 1.29 is 9.13 Å². The van der Waals surface area contributed by atoms with E-state index >= 15 is 0 Å². The second kappa shape index (κ2) is 6.71. The number of nitrogen functional groups attached to an aromatic ring is 1. The van der Waals surface area contributed by atoms with Crippen molar-refractivity contribution in [1.29, 1.82) is 5.53 Å². The van der Waals surface area contributed by atoms with Gasteiger partial charge in [-0.3, -0.25) is 0 Å². The molecule has 0 unspecified atom stereocenters. The first kappa shape index (κ1) is 16.6. The fourth-order valence-electron chi connectivity index (χ4n) is 2.58. The van der Waals surface area contributed by atoms with Crippen LogP contribution in [-0.2, 0) is 0 Å². The van der Waals surface area contributed by atoms with Gasteiger partial charge < -0.3 is 15.8 Å². The Hall–Kier alpha value is -3.23. The number of rotatable bonds is 6. The highest BCUT2D eigenvalue weighted by Crippen LogP contribution is 2.35. The van der Waals surface area contributed by atoms with Crippen molar-refractivity contribution >= 4 is 22.8 Å². The molecule has 0 saturated carbocycles. The van der Waals surface area contributed by atoms with Crippen molar-refractivity contribution in [3.8, 4) is 17.0 Å². The molecule has 2 heterocycles. The zero-order chi connectivity index (χ0) is 18.0. The molecule has 3 rings (SSSR count). The maximum absolute atomic E-state index is 13.2. The number of ether oxygens (including phenoxy) is 1. The molecule has 25 heavy (non-hydrogen) atoms. The number of fused-ring (bicyclic) bond motifs is 1. The van der Waals surface area contributed by atoms with Crippen LogP contribution in [0.5, 0.6) is 5.88 Å². The summed E-state index contributed by atoms with van der Waals surface area (Å²) in [5, 5.41) is 10.6. The topological polar surface area (TPSA) is 114 Å². The fourth-order valence-corrected chi connectivity index (χ4v) is 2.58. The van der Waals surface area contributed by atoms with E-state index in [9.17, 15) is 4.39 Å². The highest BCUT2D eigenvalue weighted by Gasteiger charge is 2.15. The lowest BCUT2D eigenvalue weighted by Crippen LogP contribution is -2.11. The van der Waals surface area contributed by atoms with E-state index in [-0.39, 0.29) is 12.5 Å². The van der Waals surface area contributed by atoms with Crippen molar-refractivity contribution in [2.75, 3.05) is 24.7 Å². The summed E-state index contributed by atoms with van der Waals surface area (Å²) in [6.07, 6.45) is 0.735. The normalized spacial score (nSPS) is 12.1. The maximum atomic E-state index is 13.2. The van der Waals surface area contributed by atoms with Gasteiger partial charge in [-0.05, 0) is 30.7 Å². The van der Waals surface area contributed by atoms with Crippen LogP contribution in [0.2, 0.25) is 0 Å².